The summed E-state index contributed by atoms with van der Waals surface area (Å²) in [7, 11) is 0. The van der Waals surface area contributed by atoms with Gasteiger partial charge in [0.1, 0.15) is 0 Å². The average molecular weight is 472 g/mol. The van der Waals surface area contributed by atoms with Crippen LogP contribution in [0.1, 0.15) is 0 Å². The minimum absolute atomic E-state index is 0. The summed E-state index contributed by atoms with van der Waals surface area (Å²) in [6.45, 7) is 0. The van der Waals surface area contributed by atoms with Gasteiger partial charge in [0, 0.05) is 67.2 Å². The molecule has 4 heteroatoms. The minimum Gasteiger partial charge on any atom is -0.412 e. The largest absolute Gasteiger partial charge is 0.412 e. The molecule has 0 aliphatic heterocycles. The minimum atomic E-state index is 0. The van der Waals surface area contributed by atoms with E-state index in [-0.39, 0.29) is 78.2 Å². The van der Waals surface area contributed by atoms with Crippen LogP contribution in [-0.2, 0) is 0 Å². The second kappa shape index (κ2) is 19.1. The van der Waals surface area contributed by atoms with E-state index in [1.165, 1.54) is 0 Å². The van der Waals surface area contributed by atoms with Crippen LogP contribution >= 0.6 is 0 Å². The fraction of sp³-hybridized carbons (Fsp3) is 0. The molecule has 0 aromatic carbocycles. The standard InChI is InChI=1S/2H2O.Th.Tl/h2*1H2;;. The summed E-state index contributed by atoms with van der Waals surface area (Å²) < 4.78 is 0. The quantitative estimate of drug-likeness (QED) is 0.366. The molecule has 23 valence electrons. The molecule has 0 spiro atoms. The Bertz CT molecular complexity index is 6.00. The third-order valence-corrected chi connectivity index (χ3v) is 0. The normalized spacial score (nSPS) is 0. The fourth-order valence-electron chi connectivity index (χ4n) is 0. The molecule has 0 aromatic rings. The third kappa shape index (κ3) is 8.90. The van der Waals surface area contributed by atoms with Crippen molar-refractivity contribution >= 4 is 27.3 Å². The van der Waals surface area contributed by atoms with E-state index >= 15 is 0 Å². The predicted octanol–water partition coefficient (Wildman–Crippen LogP) is -2.03. The Morgan fingerprint density at radius 2 is 0.750 bits per heavy atom. The Labute approximate surface area is 76.8 Å². The van der Waals surface area contributed by atoms with Gasteiger partial charge in [-0.1, -0.05) is 0 Å². The Kier molecular flexibility index (Phi) is 167. The van der Waals surface area contributed by atoms with Crippen molar-refractivity contribution in [3.63, 3.8) is 0 Å². The molecule has 0 atom stereocenters. The van der Waals surface area contributed by atoms with Crippen LogP contribution in [-0.4, -0.2) is 38.3 Å². The maximum Gasteiger partial charge on any atom is 0 e. The summed E-state index contributed by atoms with van der Waals surface area (Å²) in [6.07, 6.45) is 0. The SMILES string of the molecule is O.O.[Th].[Tl]. The van der Waals surface area contributed by atoms with Gasteiger partial charge in [0.25, 0.3) is 0 Å². The van der Waals surface area contributed by atoms with Gasteiger partial charge in [-0.2, -0.15) is 0 Å². The molecule has 0 rings (SSSR count). The molecule has 0 amide bonds. The predicted molar refractivity (Wildman–Crippen MR) is 13.0 cm³/mol. The molecule has 0 heterocycles. The van der Waals surface area contributed by atoms with Crippen LogP contribution in [0.4, 0.5) is 0 Å². The maximum absolute atomic E-state index is 0. The molecular weight excluding hydrogens is 468 g/mol. The van der Waals surface area contributed by atoms with E-state index in [2.05, 4.69) is 0 Å². The van der Waals surface area contributed by atoms with Gasteiger partial charge in [-0.3, -0.25) is 0 Å². The van der Waals surface area contributed by atoms with Crippen LogP contribution in [0.2, 0.25) is 0 Å². The first-order valence-electron chi connectivity index (χ1n) is 0. The van der Waals surface area contributed by atoms with Gasteiger partial charge in [0.15, 0.2) is 0 Å². The van der Waals surface area contributed by atoms with Crippen molar-refractivity contribution in [3.8, 4) is 0 Å². The Morgan fingerprint density at radius 3 is 0.750 bits per heavy atom. The van der Waals surface area contributed by atoms with Crippen molar-refractivity contribution < 1.29 is 50.9 Å². The van der Waals surface area contributed by atoms with E-state index in [4.69, 9.17) is 0 Å². The van der Waals surface area contributed by atoms with Crippen molar-refractivity contribution in [2.24, 2.45) is 0 Å². The summed E-state index contributed by atoms with van der Waals surface area (Å²) in [5, 5.41) is 0. The molecule has 2 nitrogen and oxygen atoms in total. The molecule has 0 bridgehead atoms. The molecular formula is H4O2ThTl. The Morgan fingerprint density at radius 1 is 0.750 bits per heavy atom. The van der Waals surface area contributed by atoms with Crippen LogP contribution in [0.15, 0.2) is 0 Å². The molecule has 4 heavy (non-hydrogen) atoms. The number of hydrogen-bond donors (Lipinski definition) is 0. The summed E-state index contributed by atoms with van der Waals surface area (Å²) in [5.41, 5.74) is 0. The van der Waals surface area contributed by atoms with E-state index in [9.17, 15) is 0 Å². The fourth-order valence-corrected chi connectivity index (χ4v) is 0. The van der Waals surface area contributed by atoms with Crippen LogP contribution in [0.3, 0.4) is 0 Å². The maximum atomic E-state index is 0. The van der Waals surface area contributed by atoms with Crippen LogP contribution in [0, 0.1) is 39.9 Å². The monoisotopic (exact) mass is 473 g/mol. The topological polar surface area (TPSA) is 63.0 Å². The summed E-state index contributed by atoms with van der Waals surface area (Å²) >= 11 is 0. The number of rotatable bonds is 0. The van der Waals surface area contributed by atoms with Crippen molar-refractivity contribution in [2.45, 2.75) is 0 Å². The first-order chi connectivity index (χ1) is 0. The number of hydrogen-bond acceptors (Lipinski definition) is 0. The van der Waals surface area contributed by atoms with Crippen LogP contribution < -0.4 is 0 Å². The van der Waals surface area contributed by atoms with E-state index in [1.54, 1.807) is 0 Å². The molecule has 4 N–H and O–H groups in total. The molecule has 0 saturated heterocycles. The molecule has 0 aliphatic carbocycles. The van der Waals surface area contributed by atoms with E-state index in [1.807, 2.05) is 0 Å². The molecule has 0 saturated carbocycles. The molecule has 0 unspecified atom stereocenters. The third-order valence-electron chi connectivity index (χ3n) is 0. The second-order valence-corrected chi connectivity index (χ2v) is 0. The Hall–Kier alpha value is 2.17. The summed E-state index contributed by atoms with van der Waals surface area (Å²) in [6, 6.07) is 0. The smallest absolute Gasteiger partial charge is 0 e. The van der Waals surface area contributed by atoms with Crippen molar-refractivity contribution in [3.05, 3.63) is 0 Å². The Balaban J connectivity index is 0. The van der Waals surface area contributed by atoms with Crippen molar-refractivity contribution in [2.75, 3.05) is 0 Å². The van der Waals surface area contributed by atoms with Crippen LogP contribution in [0.25, 0.3) is 0 Å². The van der Waals surface area contributed by atoms with Crippen LogP contribution in [0.5, 0.6) is 0 Å². The zero-order valence-corrected chi connectivity index (χ0v) is 10.7. The van der Waals surface area contributed by atoms with Gasteiger partial charge in [-0.15, -0.1) is 0 Å². The van der Waals surface area contributed by atoms with Crippen molar-refractivity contribution in [1.29, 1.82) is 0 Å². The molecule has 0 fully saturated rings. The average Bonchev–Trinajstić information content (AvgIpc) is 0. The van der Waals surface area contributed by atoms with Gasteiger partial charge < -0.3 is 11.0 Å². The van der Waals surface area contributed by atoms with E-state index in [0.717, 1.165) is 0 Å². The summed E-state index contributed by atoms with van der Waals surface area (Å²) in [4.78, 5) is 0. The zero-order chi connectivity index (χ0) is 0. The summed E-state index contributed by atoms with van der Waals surface area (Å²) in [5.74, 6) is 0. The van der Waals surface area contributed by atoms with Gasteiger partial charge in [0.05, 0.1) is 0 Å². The molecule has 0 aliphatic rings. The first-order valence-corrected chi connectivity index (χ1v) is 0. The second-order valence-electron chi connectivity index (χ2n) is 0. The van der Waals surface area contributed by atoms with E-state index in [0.29, 0.717) is 0 Å². The van der Waals surface area contributed by atoms with Gasteiger partial charge >= 0.3 is 0 Å². The van der Waals surface area contributed by atoms with Gasteiger partial charge in [-0.25, -0.2) is 0 Å². The first kappa shape index (κ1) is 35.1. The van der Waals surface area contributed by atoms with Gasteiger partial charge in [0.2, 0.25) is 0 Å². The van der Waals surface area contributed by atoms with Gasteiger partial charge in [-0.05, 0) is 0 Å². The zero-order valence-electron chi connectivity index (χ0n) is 2.08. The molecule has 1 radical (unpaired) electrons. The molecule has 0 aromatic heterocycles. The van der Waals surface area contributed by atoms with E-state index < -0.39 is 0 Å². The van der Waals surface area contributed by atoms with Crippen molar-refractivity contribution in [1.82, 2.24) is 0 Å².